The van der Waals surface area contributed by atoms with Crippen LogP contribution in [0.4, 0.5) is 0 Å². The van der Waals surface area contributed by atoms with Crippen molar-refractivity contribution < 1.29 is 9.47 Å². The lowest BCUT2D eigenvalue weighted by Crippen LogP contribution is -2.33. The lowest BCUT2D eigenvalue weighted by molar-refractivity contribution is 0.241. The Morgan fingerprint density at radius 2 is 2.19 bits per heavy atom. The Balaban J connectivity index is 1.45. The molecular formula is C22H30N2O2S. The van der Waals surface area contributed by atoms with Gasteiger partial charge in [0.2, 0.25) is 0 Å². The minimum absolute atomic E-state index is 0.260. The predicted molar refractivity (Wildman–Crippen MR) is 111 cm³/mol. The highest BCUT2D eigenvalue weighted by Crippen LogP contribution is 2.35. The van der Waals surface area contributed by atoms with Gasteiger partial charge < -0.3 is 14.8 Å². The molecule has 146 valence electrons. The number of hydrogen-bond acceptors (Lipinski definition) is 5. The van der Waals surface area contributed by atoms with Crippen LogP contribution >= 0.6 is 11.3 Å². The second kappa shape index (κ2) is 8.63. The molecule has 1 aromatic carbocycles. The van der Waals surface area contributed by atoms with Crippen LogP contribution in [-0.2, 0) is 13.0 Å². The first-order chi connectivity index (χ1) is 13.2. The van der Waals surface area contributed by atoms with E-state index < -0.39 is 0 Å². The molecule has 0 aliphatic carbocycles. The highest BCUT2D eigenvalue weighted by Gasteiger charge is 2.25. The van der Waals surface area contributed by atoms with E-state index in [9.17, 15) is 0 Å². The van der Waals surface area contributed by atoms with Crippen LogP contribution in [-0.4, -0.2) is 37.2 Å². The van der Waals surface area contributed by atoms with Crippen LogP contribution in [0, 0.1) is 0 Å². The van der Waals surface area contributed by atoms with Gasteiger partial charge in [-0.1, -0.05) is 6.07 Å². The number of benzene rings is 1. The average molecular weight is 387 g/mol. The second-order valence-electron chi connectivity index (χ2n) is 7.54. The summed E-state index contributed by atoms with van der Waals surface area (Å²) in [7, 11) is 0. The quantitative estimate of drug-likeness (QED) is 0.729. The molecular weight excluding hydrogens is 356 g/mol. The van der Waals surface area contributed by atoms with Crippen LogP contribution < -0.4 is 14.8 Å². The maximum absolute atomic E-state index is 5.96. The summed E-state index contributed by atoms with van der Waals surface area (Å²) >= 11 is 1.87. The van der Waals surface area contributed by atoms with Gasteiger partial charge in [-0.05, 0) is 63.4 Å². The van der Waals surface area contributed by atoms with Crippen molar-refractivity contribution in [1.82, 2.24) is 10.2 Å². The average Bonchev–Trinajstić information content (AvgIpc) is 3.40. The van der Waals surface area contributed by atoms with E-state index in [1.807, 2.05) is 18.3 Å². The van der Waals surface area contributed by atoms with Crippen molar-refractivity contribution in [2.24, 2.45) is 0 Å². The molecule has 1 N–H and O–H groups in total. The molecule has 2 aliphatic rings. The van der Waals surface area contributed by atoms with Gasteiger partial charge in [-0.15, -0.1) is 11.3 Å². The minimum atomic E-state index is 0.260. The Morgan fingerprint density at radius 3 is 2.93 bits per heavy atom. The van der Waals surface area contributed by atoms with Gasteiger partial charge in [-0.2, -0.15) is 0 Å². The molecule has 0 saturated carbocycles. The van der Waals surface area contributed by atoms with Gasteiger partial charge in [-0.25, -0.2) is 0 Å². The van der Waals surface area contributed by atoms with E-state index in [2.05, 4.69) is 46.8 Å². The van der Waals surface area contributed by atoms with Crippen molar-refractivity contribution in [3.05, 3.63) is 45.6 Å². The number of hydrogen-bond donors (Lipinski definition) is 1. The summed E-state index contributed by atoms with van der Waals surface area (Å²) in [6.07, 6.45) is 3.86. The molecule has 2 aromatic rings. The largest absolute Gasteiger partial charge is 0.494 e. The zero-order valence-electron chi connectivity index (χ0n) is 16.4. The highest BCUT2D eigenvalue weighted by atomic mass is 32.1. The van der Waals surface area contributed by atoms with Gasteiger partial charge in [-0.3, -0.25) is 4.90 Å². The maximum atomic E-state index is 5.96. The third kappa shape index (κ3) is 4.31. The van der Waals surface area contributed by atoms with Crippen molar-refractivity contribution >= 4 is 11.3 Å². The van der Waals surface area contributed by atoms with Crippen molar-refractivity contribution in [2.45, 2.75) is 51.8 Å². The molecule has 1 aromatic heterocycles. The van der Waals surface area contributed by atoms with E-state index in [-0.39, 0.29) is 6.10 Å². The van der Waals surface area contributed by atoms with E-state index in [4.69, 9.17) is 9.47 Å². The summed E-state index contributed by atoms with van der Waals surface area (Å²) in [4.78, 5) is 4.08. The van der Waals surface area contributed by atoms with Crippen LogP contribution in [0.5, 0.6) is 11.5 Å². The Bertz CT molecular complexity index is 741. The van der Waals surface area contributed by atoms with Crippen molar-refractivity contribution in [1.29, 1.82) is 0 Å². The predicted octanol–water partition coefficient (Wildman–Crippen LogP) is 4.40. The number of rotatable bonds is 8. The van der Waals surface area contributed by atoms with Gasteiger partial charge >= 0.3 is 0 Å². The lowest BCUT2D eigenvalue weighted by atomic mass is 10.1. The molecule has 2 atom stereocenters. The fourth-order valence-corrected chi connectivity index (χ4v) is 5.06. The zero-order chi connectivity index (χ0) is 18.6. The Morgan fingerprint density at radius 1 is 1.33 bits per heavy atom. The Kier molecular flexibility index (Phi) is 6.01. The molecule has 0 amide bonds. The van der Waals surface area contributed by atoms with Gasteiger partial charge in [0.15, 0.2) is 0 Å². The summed E-state index contributed by atoms with van der Waals surface area (Å²) in [5.74, 6) is 2.02. The van der Waals surface area contributed by atoms with Crippen molar-refractivity contribution in [2.75, 3.05) is 26.2 Å². The Hall–Kier alpha value is -1.56. The summed E-state index contributed by atoms with van der Waals surface area (Å²) in [6.45, 7) is 9.03. The van der Waals surface area contributed by atoms with Gasteiger partial charge in [0.1, 0.15) is 17.6 Å². The van der Waals surface area contributed by atoms with Crippen molar-refractivity contribution in [3.63, 3.8) is 0 Å². The minimum Gasteiger partial charge on any atom is -0.494 e. The molecule has 0 unspecified atom stereocenters. The number of fused-ring (bicyclic) bond motifs is 1. The standard InChI is InChI=1S/C22H30N2O2S/c1-3-25-20-12-17-11-16(2)26-21(17)13-18(20)14-23-15-19(22-7-6-10-27-22)24-8-4-5-9-24/h6-7,10,12-13,16,19,23H,3-5,8-9,11,14-15H2,1-2H3/t16-,19+/m1/s1. The fourth-order valence-electron chi connectivity index (χ4n) is 4.20. The SMILES string of the molecule is CCOc1cc2c(cc1CNC[C@@H](c1cccs1)N1CCCC1)O[C@H](C)C2. The second-order valence-corrected chi connectivity index (χ2v) is 8.52. The Labute approximate surface area is 166 Å². The summed E-state index contributed by atoms with van der Waals surface area (Å²) in [5.41, 5.74) is 2.46. The molecule has 0 spiro atoms. The third-order valence-corrected chi connectivity index (χ3v) is 6.46. The topological polar surface area (TPSA) is 33.7 Å². The van der Waals surface area contributed by atoms with Crippen LogP contribution in [0.25, 0.3) is 0 Å². The normalized spacial score (nSPS) is 20.4. The number of likely N-dealkylation sites (tertiary alicyclic amines) is 1. The van der Waals surface area contributed by atoms with E-state index in [0.717, 1.165) is 31.0 Å². The van der Waals surface area contributed by atoms with Crippen LogP contribution in [0.2, 0.25) is 0 Å². The van der Waals surface area contributed by atoms with E-state index >= 15 is 0 Å². The summed E-state index contributed by atoms with van der Waals surface area (Å²) in [5, 5.41) is 5.88. The summed E-state index contributed by atoms with van der Waals surface area (Å²) < 4.78 is 11.9. The number of nitrogens with zero attached hydrogens (tertiary/aromatic N) is 1. The van der Waals surface area contributed by atoms with Gasteiger partial charge in [0.05, 0.1) is 12.6 Å². The van der Waals surface area contributed by atoms with Crippen molar-refractivity contribution in [3.8, 4) is 11.5 Å². The third-order valence-electron chi connectivity index (χ3n) is 5.49. The molecule has 0 radical (unpaired) electrons. The first-order valence-corrected chi connectivity index (χ1v) is 11.1. The molecule has 0 bridgehead atoms. The molecule has 1 saturated heterocycles. The number of ether oxygens (including phenoxy) is 2. The first kappa shape index (κ1) is 18.8. The summed E-state index contributed by atoms with van der Waals surface area (Å²) in [6, 6.07) is 9.25. The number of nitrogens with one attached hydrogen (secondary N) is 1. The molecule has 4 rings (SSSR count). The van der Waals surface area contributed by atoms with Crippen LogP contribution in [0.15, 0.2) is 29.6 Å². The molecule has 1 fully saturated rings. The molecule has 3 heterocycles. The molecule has 4 nitrogen and oxygen atoms in total. The molecule has 5 heteroatoms. The molecule has 27 heavy (non-hydrogen) atoms. The highest BCUT2D eigenvalue weighted by molar-refractivity contribution is 7.10. The van der Waals surface area contributed by atoms with E-state index in [1.54, 1.807) is 0 Å². The fraction of sp³-hybridized carbons (Fsp3) is 0.545. The van der Waals surface area contributed by atoms with Gasteiger partial charge in [0, 0.05) is 35.5 Å². The van der Waals surface area contributed by atoms with E-state index in [0.29, 0.717) is 12.6 Å². The smallest absolute Gasteiger partial charge is 0.124 e. The maximum Gasteiger partial charge on any atom is 0.124 e. The van der Waals surface area contributed by atoms with Crippen LogP contribution in [0.1, 0.15) is 48.7 Å². The number of thiophene rings is 1. The molecule has 2 aliphatic heterocycles. The van der Waals surface area contributed by atoms with Crippen LogP contribution in [0.3, 0.4) is 0 Å². The zero-order valence-corrected chi connectivity index (χ0v) is 17.2. The lowest BCUT2D eigenvalue weighted by Gasteiger charge is -2.27. The van der Waals surface area contributed by atoms with E-state index in [1.165, 1.54) is 41.9 Å². The first-order valence-electron chi connectivity index (χ1n) is 10.2. The van der Waals surface area contributed by atoms with Gasteiger partial charge in [0.25, 0.3) is 0 Å². The monoisotopic (exact) mass is 386 g/mol.